The predicted octanol–water partition coefficient (Wildman–Crippen LogP) is 3.75. The van der Waals surface area contributed by atoms with Gasteiger partial charge in [0.05, 0.1) is 11.9 Å². The molecule has 0 atom stereocenters. The summed E-state index contributed by atoms with van der Waals surface area (Å²) >= 11 is 5.86. The lowest BCUT2D eigenvalue weighted by Crippen LogP contribution is -2.15. The van der Waals surface area contributed by atoms with Crippen LogP contribution >= 0.6 is 11.6 Å². The van der Waals surface area contributed by atoms with Crippen molar-refractivity contribution in [3.05, 3.63) is 64.6 Å². The van der Waals surface area contributed by atoms with Gasteiger partial charge in [0.2, 0.25) is 0 Å². The summed E-state index contributed by atoms with van der Waals surface area (Å²) in [6.07, 6.45) is 1.56. The second kappa shape index (κ2) is 7.35. The van der Waals surface area contributed by atoms with E-state index in [9.17, 15) is 8.42 Å². The van der Waals surface area contributed by atoms with Crippen LogP contribution in [0.4, 0.5) is 11.5 Å². The zero-order valence-electron chi connectivity index (χ0n) is 14.2. The molecule has 1 aromatic carbocycles. The lowest BCUT2D eigenvalue weighted by atomic mass is 10.2. The summed E-state index contributed by atoms with van der Waals surface area (Å²) in [6, 6.07) is 10.8. The molecule has 0 saturated heterocycles. The molecule has 9 heteroatoms. The maximum atomic E-state index is 12.4. The number of hydrogen-bond acceptors (Lipinski definition) is 6. The van der Waals surface area contributed by atoms with Crippen molar-refractivity contribution in [3.63, 3.8) is 0 Å². The van der Waals surface area contributed by atoms with Gasteiger partial charge in [-0.05, 0) is 43.7 Å². The summed E-state index contributed by atoms with van der Waals surface area (Å²) in [5.74, 6) is 0.443. The third kappa shape index (κ3) is 4.14. The van der Waals surface area contributed by atoms with Gasteiger partial charge in [-0.2, -0.15) is 0 Å². The van der Waals surface area contributed by atoms with Crippen molar-refractivity contribution in [2.75, 3.05) is 10.0 Å². The molecule has 0 aliphatic rings. The molecular formula is C17H17ClN4O3S. The SMILES string of the molecule is Cc1noc(C)c1S(=O)(=O)Nc1ccc(NCc2ccc(Cl)cc2)cn1. The molecule has 0 saturated carbocycles. The lowest BCUT2D eigenvalue weighted by Gasteiger charge is -2.09. The Morgan fingerprint density at radius 1 is 1.12 bits per heavy atom. The molecule has 0 aliphatic carbocycles. The third-order valence-corrected chi connectivity index (χ3v) is 5.50. The Bertz CT molecular complexity index is 980. The van der Waals surface area contributed by atoms with Gasteiger partial charge in [0.25, 0.3) is 10.0 Å². The van der Waals surface area contributed by atoms with Gasteiger partial charge < -0.3 is 9.84 Å². The number of rotatable bonds is 6. The first kappa shape index (κ1) is 18.2. The molecule has 136 valence electrons. The van der Waals surface area contributed by atoms with Crippen LogP contribution in [-0.2, 0) is 16.6 Å². The van der Waals surface area contributed by atoms with Crippen molar-refractivity contribution in [3.8, 4) is 0 Å². The number of nitrogens with zero attached hydrogens (tertiary/aromatic N) is 2. The van der Waals surface area contributed by atoms with Crippen LogP contribution < -0.4 is 10.0 Å². The first-order valence-corrected chi connectivity index (χ1v) is 9.61. The van der Waals surface area contributed by atoms with Crippen LogP contribution in [0.5, 0.6) is 0 Å². The summed E-state index contributed by atoms with van der Waals surface area (Å²) in [5.41, 5.74) is 2.13. The molecule has 0 unspecified atom stereocenters. The van der Waals surface area contributed by atoms with Crippen LogP contribution in [0.15, 0.2) is 52.0 Å². The number of aromatic nitrogens is 2. The van der Waals surface area contributed by atoms with Gasteiger partial charge in [-0.25, -0.2) is 13.4 Å². The van der Waals surface area contributed by atoms with E-state index < -0.39 is 10.0 Å². The predicted molar refractivity (Wildman–Crippen MR) is 99.8 cm³/mol. The average molecular weight is 393 g/mol. The first-order valence-electron chi connectivity index (χ1n) is 7.75. The molecule has 26 heavy (non-hydrogen) atoms. The summed E-state index contributed by atoms with van der Waals surface area (Å²) in [4.78, 5) is 4.17. The van der Waals surface area contributed by atoms with Crippen molar-refractivity contribution in [1.82, 2.24) is 10.1 Å². The molecule has 2 aromatic heterocycles. The fourth-order valence-corrected chi connectivity index (χ4v) is 3.88. The van der Waals surface area contributed by atoms with E-state index in [2.05, 4.69) is 20.2 Å². The van der Waals surface area contributed by atoms with Crippen LogP contribution in [0.2, 0.25) is 5.02 Å². The zero-order valence-corrected chi connectivity index (χ0v) is 15.7. The van der Waals surface area contributed by atoms with Gasteiger partial charge >= 0.3 is 0 Å². The number of sulfonamides is 1. The number of anilines is 2. The van der Waals surface area contributed by atoms with E-state index in [1.54, 1.807) is 32.2 Å². The highest BCUT2D eigenvalue weighted by molar-refractivity contribution is 7.92. The first-order chi connectivity index (χ1) is 12.3. The van der Waals surface area contributed by atoms with Crippen molar-refractivity contribution >= 4 is 33.1 Å². The minimum Gasteiger partial charge on any atom is -0.380 e. The number of nitrogens with one attached hydrogen (secondary N) is 2. The van der Waals surface area contributed by atoms with Crippen LogP contribution in [0.25, 0.3) is 0 Å². The largest absolute Gasteiger partial charge is 0.380 e. The van der Waals surface area contributed by atoms with Gasteiger partial charge in [0.15, 0.2) is 10.7 Å². The molecule has 0 fully saturated rings. The standard InChI is InChI=1S/C17H17ClN4O3S/c1-11-17(12(2)25-21-11)26(23,24)22-16-8-7-15(10-20-16)19-9-13-3-5-14(18)6-4-13/h3-8,10,19H,9H2,1-2H3,(H,20,22). The maximum absolute atomic E-state index is 12.4. The molecule has 7 nitrogen and oxygen atoms in total. The van der Waals surface area contributed by atoms with E-state index >= 15 is 0 Å². The molecule has 0 spiro atoms. The van der Waals surface area contributed by atoms with E-state index in [0.29, 0.717) is 17.3 Å². The van der Waals surface area contributed by atoms with E-state index in [4.69, 9.17) is 16.1 Å². The molecule has 0 bridgehead atoms. The summed E-state index contributed by atoms with van der Waals surface area (Å²) in [6.45, 7) is 3.72. The fourth-order valence-electron chi connectivity index (χ4n) is 2.41. The summed E-state index contributed by atoms with van der Waals surface area (Å²) < 4.78 is 32.2. The van der Waals surface area contributed by atoms with Crippen molar-refractivity contribution in [2.24, 2.45) is 0 Å². The molecule has 0 aliphatic heterocycles. The van der Waals surface area contributed by atoms with E-state index in [-0.39, 0.29) is 16.5 Å². The second-order valence-electron chi connectivity index (χ2n) is 5.67. The zero-order chi connectivity index (χ0) is 18.7. The molecule has 3 aromatic rings. The monoisotopic (exact) mass is 392 g/mol. The van der Waals surface area contributed by atoms with Crippen molar-refractivity contribution in [2.45, 2.75) is 25.3 Å². The van der Waals surface area contributed by atoms with Crippen LogP contribution in [0, 0.1) is 13.8 Å². The minimum atomic E-state index is -3.81. The van der Waals surface area contributed by atoms with E-state index in [1.807, 2.05) is 24.3 Å². The quantitative estimate of drug-likeness (QED) is 0.663. The van der Waals surface area contributed by atoms with Crippen molar-refractivity contribution < 1.29 is 12.9 Å². The number of pyridine rings is 1. The van der Waals surface area contributed by atoms with Crippen LogP contribution in [-0.4, -0.2) is 18.6 Å². The Morgan fingerprint density at radius 3 is 2.42 bits per heavy atom. The molecular weight excluding hydrogens is 376 g/mol. The van der Waals surface area contributed by atoms with Gasteiger partial charge in [-0.3, -0.25) is 4.72 Å². The number of benzene rings is 1. The Balaban J connectivity index is 1.67. The van der Waals surface area contributed by atoms with E-state index in [0.717, 1.165) is 11.3 Å². The molecule has 2 heterocycles. The Labute approximate surface area is 156 Å². The Kier molecular flexibility index (Phi) is 5.15. The third-order valence-electron chi connectivity index (χ3n) is 3.65. The highest BCUT2D eigenvalue weighted by atomic mass is 35.5. The summed E-state index contributed by atoms with van der Waals surface area (Å²) in [5, 5.41) is 7.56. The maximum Gasteiger partial charge on any atom is 0.268 e. The van der Waals surface area contributed by atoms with E-state index in [1.165, 1.54) is 0 Å². The Hall–Kier alpha value is -2.58. The molecule has 3 rings (SSSR count). The van der Waals surface area contributed by atoms with Gasteiger partial charge in [0.1, 0.15) is 11.5 Å². The molecule has 2 N–H and O–H groups in total. The number of hydrogen-bond donors (Lipinski definition) is 2. The normalized spacial score (nSPS) is 11.3. The topological polar surface area (TPSA) is 97.1 Å². The van der Waals surface area contributed by atoms with Crippen molar-refractivity contribution in [1.29, 1.82) is 0 Å². The number of aryl methyl sites for hydroxylation is 2. The fraction of sp³-hybridized carbons (Fsp3) is 0.176. The highest BCUT2D eigenvalue weighted by Crippen LogP contribution is 2.22. The summed E-state index contributed by atoms with van der Waals surface area (Å²) in [7, 11) is -3.81. The van der Waals surface area contributed by atoms with Crippen LogP contribution in [0.1, 0.15) is 17.0 Å². The smallest absolute Gasteiger partial charge is 0.268 e. The molecule has 0 radical (unpaired) electrons. The minimum absolute atomic E-state index is 0.0317. The number of halogens is 1. The lowest BCUT2D eigenvalue weighted by molar-refractivity contribution is 0.390. The van der Waals surface area contributed by atoms with Gasteiger partial charge in [-0.1, -0.05) is 28.9 Å². The van der Waals surface area contributed by atoms with Gasteiger partial charge in [-0.15, -0.1) is 0 Å². The van der Waals surface area contributed by atoms with Crippen LogP contribution in [0.3, 0.4) is 0 Å². The molecule has 0 amide bonds. The van der Waals surface area contributed by atoms with Gasteiger partial charge in [0, 0.05) is 11.6 Å². The highest BCUT2D eigenvalue weighted by Gasteiger charge is 2.24. The second-order valence-corrected chi connectivity index (χ2v) is 7.73. The Morgan fingerprint density at radius 2 is 1.85 bits per heavy atom. The average Bonchev–Trinajstić information content (AvgIpc) is 2.95.